The molecule has 1 aromatic heterocycles. The third-order valence-corrected chi connectivity index (χ3v) is 6.30. The van der Waals surface area contributed by atoms with Crippen molar-refractivity contribution in [1.29, 1.82) is 0 Å². The molecule has 1 unspecified atom stereocenters. The lowest BCUT2D eigenvalue weighted by Gasteiger charge is -2.36. The Balaban J connectivity index is 1.32. The third kappa shape index (κ3) is 4.50. The molecule has 5 nitrogen and oxygen atoms in total. The van der Waals surface area contributed by atoms with Gasteiger partial charge in [0.1, 0.15) is 6.10 Å². The number of hydrogen-bond acceptors (Lipinski definition) is 5. The Hall–Kier alpha value is -1.92. The minimum absolute atomic E-state index is 0.0289. The molecule has 0 aliphatic carbocycles. The van der Waals surface area contributed by atoms with Crippen LogP contribution in [-0.2, 0) is 0 Å². The maximum absolute atomic E-state index is 12.7. The number of thioether (sulfide) groups is 1. The topological polar surface area (TPSA) is 45.7 Å². The van der Waals surface area contributed by atoms with Crippen molar-refractivity contribution in [2.24, 2.45) is 0 Å². The number of benzene rings is 1. The summed E-state index contributed by atoms with van der Waals surface area (Å²) in [7, 11) is 0. The maximum Gasteiger partial charge on any atom is 0.255 e. The first-order chi connectivity index (χ1) is 13.2. The molecule has 2 aromatic rings. The summed E-state index contributed by atoms with van der Waals surface area (Å²) in [4.78, 5) is 21.2. The Bertz CT molecular complexity index is 771. The molecule has 1 amide bonds. The second-order valence-electron chi connectivity index (χ2n) is 6.74. The molecule has 2 fully saturated rings. The van der Waals surface area contributed by atoms with Crippen molar-refractivity contribution in [2.45, 2.75) is 12.5 Å². The third-order valence-electron chi connectivity index (χ3n) is 4.92. The van der Waals surface area contributed by atoms with Gasteiger partial charge in [0.25, 0.3) is 5.91 Å². The first-order valence-electron chi connectivity index (χ1n) is 9.19. The van der Waals surface area contributed by atoms with Gasteiger partial charge in [-0.05, 0) is 42.5 Å². The van der Waals surface area contributed by atoms with Crippen LogP contribution in [0.4, 0.5) is 5.69 Å². The van der Waals surface area contributed by atoms with Crippen LogP contribution in [0, 0.1) is 0 Å². The van der Waals surface area contributed by atoms with Gasteiger partial charge in [0.05, 0.1) is 5.56 Å². The molecule has 2 saturated heterocycles. The number of halogens is 1. The minimum atomic E-state index is 0.0289. The van der Waals surface area contributed by atoms with Crippen molar-refractivity contribution in [3.8, 4) is 5.88 Å². The van der Waals surface area contributed by atoms with E-state index in [2.05, 4.69) is 9.88 Å². The average molecular weight is 404 g/mol. The standard InChI is InChI=1S/C20H22ClN3O2S/c21-16-2-4-17(5-3-16)23-8-10-24(11-9-23)20(25)15-1-6-19(22-13-15)26-18-7-12-27-14-18/h1-6,13,18H,7-12,14H2. The van der Waals surface area contributed by atoms with Crippen molar-refractivity contribution < 1.29 is 9.53 Å². The first-order valence-corrected chi connectivity index (χ1v) is 10.7. The highest BCUT2D eigenvalue weighted by Gasteiger charge is 2.23. The molecule has 0 saturated carbocycles. The number of ether oxygens (including phenoxy) is 1. The summed E-state index contributed by atoms with van der Waals surface area (Å²) in [5.41, 5.74) is 1.75. The molecule has 3 heterocycles. The molecular formula is C20H22ClN3O2S. The Kier molecular flexibility index (Phi) is 5.74. The predicted molar refractivity (Wildman–Crippen MR) is 110 cm³/mol. The lowest BCUT2D eigenvalue weighted by molar-refractivity contribution is 0.0746. The monoisotopic (exact) mass is 403 g/mol. The molecule has 27 heavy (non-hydrogen) atoms. The second kappa shape index (κ2) is 8.40. The van der Waals surface area contributed by atoms with Crippen LogP contribution in [0.2, 0.25) is 5.02 Å². The number of hydrogen-bond donors (Lipinski definition) is 0. The largest absolute Gasteiger partial charge is 0.473 e. The first kappa shape index (κ1) is 18.4. The van der Waals surface area contributed by atoms with E-state index in [9.17, 15) is 4.79 Å². The number of amides is 1. The van der Waals surface area contributed by atoms with E-state index < -0.39 is 0 Å². The summed E-state index contributed by atoms with van der Waals surface area (Å²) in [5.74, 6) is 2.79. The van der Waals surface area contributed by atoms with Gasteiger partial charge in [-0.15, -0.1) is 0 Å². The molecule has 0 N–H and O–H groups in total. The summed E-state index contributed by atoms with van der Waals surface area (Å²) in [5, 5.41) is 0.735. The van der Waals surface area contributed by atoms with Crippen molar-refractivity contribution in [3.05, 3.63) is 53.2 Å². The average Bonchev–Trinajstić information content (AvgIpc) is 3.22. The van der Waals surface area contributed by atoms with Crippen LogP contribution in [0.1, 0.15) is 16.8 Å². The number of carbonyl (C=O) groups excluding carboxylic acids is 1. The summed E-state index contributed by atoms with van der Waals surface area (Å²) in [6, 6.07) is 11.5. The van der Waals surface area contributed by atoms with Gasteiger partial charge in [0.2, 0.25) is 5.88 Å². The fourth-order valence-electron chi connectivity index (χ4n) is 3.36. The lowest BCUT2D eigenvalue weighted by atomic mass is 10.2. The van der Waals surface area contributed by atoms with Crippen molar-refractivity contribution in [1.82, 2.24) is 9.88 Å². The van der Waals surface area contributed by atoms with E-state index in [0.29, 0.717) is 24.5 Å². The number of piperazine rings is 1. The smallest absolute Gasteiger partial charge is 0.255 e. The Morgan fingerprint density at radius 3 is 2.52 bits per heavy atom. The van der Waals surface area contributed by atoms with Gasteiger partial charge in [-0.2, -0.15) is 11.8 Å². The van der Waals surface area contributed by atoms with Gasteiger partial charge in [-0.1, -0.05) is 11.6 Å². The zero-order valence-corrected chi connectivity index (χ0v) is 16.6. The number of carbonyl (C=O) groups is 1. The zero-order chi connectivity index (χ0) is 18.6. The van der Waals surface area contributed by atoms with Gasteiger partial charge in [-0.25, -0.2) is 4.98 Å². The van der Waals surface area contributed by atoms with E-state index in [1.165, 1.54) is 0 Å². The van der Waals surface area contributed by atoms with Crippen LogP contribution in [0.15, 0.2) is 42.6 Å². The van der Waals surface area contributed by atoms with Gasteiger partial charge in [-0.3, -0.25) is 4.79 Å². The number of rotatable bonds is 4. The van der Waals surface area contributed by atoms with E-state index in [0.717, 1.165) is 41.7 Å². The van der Waals surface area contributed by atoms with Crippen molar-refractivity contribution in [3.63, 3.8) is 0 Å². The van der Waals surface area contributed by atoms with E-state index >= 15 is 0 Å². The molecule has 1 aromatic carbocycles. The predicted octanol–water partition coefficient (Wildman–Crippen LogP) is 3.58. The SMILES string of the molecule is O=C(c1ccc(OC2CCSC2)nc1)N1CCN(c2ccc(Cl)cc2)CC1. The van der Waals surface area contributed by atoms with Crippen LogP contribution >= 0.6 is 23.4 Å². The molecule has 1 atom stereocenters. The molecule has 2 aliphatic heterocycles. The molecular weight excluding hydrogens is 382 g/mol. The normalized spacial score (nSPS) is 20.0. The molecule has 2 aliphatic rings. The summed E-state index contributed by atoms with van der Waals surface area (Å²) >= 11 is 7.86. The quantitative estimate of drug-likeness (QED) is 0.780. The highest BCUT2D eigenvalue weighted by atomic mass is 35.5. The van der Waals surface area contributed by atoms with E-state index in [4.69, 9.17) is 16.3 Å². The maximum atomic E-state index is 12.7. The number of anilines is 1. The minimum Gasteiger partial charge on any atom is -0.473 e. The van der Waals surface area contributed by atoms with Crippen LogP contribution in [0.5, 0.6) is 5.88 Å². The number of nitrogens with zero attached hydrogens (tertiary/aromatic N) is 3. The van der Waals surface area contributed by atoms with Gasteiger partial charge in [0.15, 0.2) is 0 Å². The second-order valence-corrected chi connectivity index (χ2v) is 8.33. The summed E-state index contributed by atoms with van der Waals surface area (Å²) in [6.07, 6.45) is 2.93. The fraction of sp³-hybridized carbons (Fsp3) is 0.400. The highest BCUT2D eigenvalue weighted by molar-refractivity contribution is 7.99. The molecule has 0 radical (unpaired) electrons. The molecule has 4 rings (SSSR count). The molecule has 142 valence electrons. The van der Waals surface area contributed by atoms with Gasteiger partial charge in [0, 0.05) is 54.9 Å². The molecule has 7 heteroatoms. The van der Waals surface area contributed by atoms with Crippen molar-refractivity contribution in [2.75, 3.05) is 42.6 Å². The molecule has 0 spiro atoms. The summed E-state index contributed by atoms with van der Waals surface area (Å²) < 4.78 is 5.85. The fourth-order valence-corrected chi connectivity index (χ4v) is 4.58. The van der Waals surface area contributed by atoms with Gasteiger partial charge < -0.3 is 14.5 Å². The number of pyridine rings is 1. The Morgan fingerprint density at radius 2 is 1.89 bits per heavy atom. The Labute approximate surface area is 168 Å². The van der Waals surface area contributed by atoms with Crippen molar-refractivity contribution >= 4 is 35.0 Å². The van der Waals surface area contributed by atoms with E-state index in [1.807, 2.05) is 47.0 Å². The molecule has 0 bridgehead atoms. The zero-order valence-electron chi connectivity index (χ0n) is 15.0. The van der Waals surface area contributed by atoms with E-state index in [1.54, 1.807) is 12.3 Å². The van der Waals surface area contributed by atoms with Crippen LogP contribution in [0.3, 0.4) is 0 Å². The van der Waals surface area contributed by atoms with Crippen LogP contribution in [-0.4, -0.2) is 59.6 Å². The summed E-state index contributed by atoms with van der Waals surface area (Å²) in [6.45, 7) is 3.00. The number of aromatic nitrogens is 1. The van der Waals surface area contributed by atoms with E-state index in [-0.39, 0.29) is 12.0 Å². The lowest BCUT2D eigenvalue weighted by Crippen LogP contribution is -2.48. The van der Waals surface area contributed by atoms with Crippen LogP contribution < -0.4 is 9.64 Å². The van der Waals surface area contributed by atoms with Gasteiger partial charge >= 0.3 is 0 Å². The highest BCUT2D eigenvalue weighted by Crippen LogP contribution is 2.23. The van der Waals surface area contributed by atoms with Crippen LogP contribution in [0.25, 0.3) is 0 Å². The Morgan fingerprint density at radius 1 is 1.11 bits per heavy atom.